The van der Waals surface area contributed by atoms with Gasteiger partial charge in [-0.1, -0.05) is 24.3 Å². The van der Waals surface area contributed by atoms with Gasteiger partial charge < -0.3 is 10.0 Å². The first-order valence-electron chi connectivity index (χ1n) is 8.97. The summed E-state index contributed by atoms with van der Waals surface area (Å²) < 4.78 is 38.6. The molecule has 0 spiro atoms. The van der Waals surface area contributed by atoms with Crippen LogP contribution in [0, 0.1) is 0 Å². The monoisotopic (exact) mass is 387 g/mol. The molecule has 0 bridgehead atoms. The summed E-state index contributed by atoms with van der Waals surface area (Å²) in [6.07, 6.45) is -4.40. The van der Waals surface area contributed by atoms with Crippen molar-refractivity contribution >= 4 is 17.1 Å². The lowest BCUT2D eigenvalue weighted by atomic mass is 10.0. The molecule has 0 aromatic heterocycles. The van der Waals surface area contributed by atoms with Crippen LogP contribution in [0.3, 0.4) is 0 Å². The van der Waals surface area contributed by atoms with Gasteiger partial charge in [-0.2, -0.15) is 13.2 Å². The van der Waals surface area contributed by atoms with E-state index in [9.17, 15) is 18.3 Å². The smallest absolute Gasteiger partial charge is 0.416 e. The summed E-state index contributed by atoms with van der Waals surface area (Å²) in [4.78, 5) is 2.03. The van der Waals surface area contributed by atoms with E-state index < -0.39 is 11.7 Å². The van der Waals surface area contributed by atoms with E-state index in [2.05, 4.69) is 5.43 Å². The molecule has 0 saturated carbocycles. The lowest BCUT2D eigenvalue weighted by molar-refractivity contribution is -0.137. The van der Waals surface area contributed by atoms with Crippen LogP contribution in [-0.4, -0.2) is 16.0 Å². The molecule has 0 radical (unpaired) electrons. The zero-order valence-electron chi connectivity index (χ0n) is 15.7. The predicted octanol–water partition coefficient (Wildman–Crippen LogP) is 3.42. The summed E-state index contributed by atoms with van der Waals surface area (Å²) in [6, 6.07) is 12.6. The van der Waals surface area contributed by atoms with Crippen LogP contribution >= 0.6 is 0 Å². The number of fused-ring (bicyclic) bond motifs is 2. The maximum atomic E-state index is 12.9. The fourth-order valence-electron chi connectivity index (χ4n) is 3.80. The Morgan fingerprint density at radius 3 is 2.14 bits per heavy atom. The van der Waals surface area contributed by atoms with Crippen molar-refractivity contribution in [1.29, 1.82) is 0 Å². The molecular weight excluding hydrogens is 367 g/mol. The van der Waals surface area contributed by atoms with E-state index >= 15 is 0 Å². The van der Waals surface area contributed by atoms with Crippen molar-refractivity contribution in [2.45, 2.75) is 33.0 Å². The summed E-state index contributed by atoms with van der Waals surface area (Å²) in [5, 5.41) is 14.4. The van der Waals surface area contributed by atoms with Crippen LogP contribution in [0.1, 0.15) is 26.3 Å². The number of nitrogens with zero attached hydrogens (tertiary/aromatic N) is 2. The number of benzene rings is 2. The Labute approximate surface area is 160 Å². The van der Waals surface area contributed by atoms with Crippen LogP contribution in [0.4, 0.5) is 18.9 Å². The van der Waals surface area contributed by atoms with Crippen molar-refractivity contribution in [2.24, 2.45) is 0 Å². The molecule has 0 saturated heterocycles. The lowest BCUT2D eigenvalue weighted by Crippen LogP contribution is -2.45. The van der Waals surface area contributed by atoms with Crippen LogP contribution in [0.25, 0.3) is 11.4 Å². The largest absolute Gasteiger partial charge is 0.492 e. The zero-order chi connectivity index (χ0) is 20.2. The molecule has 0 unspecified atom stereocenters. The second-order valence-electron chi connectivity index (χ2n) is 7.13. The highest BCUT2D eigenvalue weighted by atomic mass is 19.4. The molecule has 28 heavy (non-hydrogen) atoms. The maximum absolute atomic E-state index is 12.9. The Hall–Kier alpha value is -3.09. The standard InChI is InChI=1S/C21H20F3N3O/c1-12(2)26-13(3)16-6-4-5-7-17(16)18-19(26)20(28)27(25-18)15-10-8-14(9-11-15)21(22,23)24/h4-12,25,28H,1-3H3. The van der Waals surface area contributed by atoms with Gasteiger partial charge in [-0.05, 0) is 45.0 Å². The number of aliphatic hydroxyl groups excluding tert-OH is 1. The lowest BCUT2D eigenvalue weighted by Gasteiger charge is -2.33. The Morgan fingerprint density at radius 1 is 0.964 bits per heavy atom. The molecule has 2 aliphatic rings. The first-order chi connectivity index (χ1) is 13.2. The molecule has 4 nitrogen and oxygen atoms in total. The fourth-order valence-corrected chi connectivity index (χ4v) is 3.80. The molecule has 2 N–H and O–H groups in total. The highest BCUT2D eigenvalue weighted by Gasteiger charge is 2.36. The summed E-state index contributed by atoms with van der Waals surface area (Å²) in [5.41, 5.74) is 5.21. The third-order valence-corrected chi connectivity index (χ3v) is 5.04. The van der Waals surface area contributed by atoms with E-state index in [1.54, 1.807) is 0 Å². The number of anilines is 1. The highest BCUT2D eigenvalue weighted by Crippen LogP contribution is 2.36. The van der Waals surface area contributed by atoms with Gasteiger partial charge in [0.1, 0.15) is 5.70 Å². The quantitative estimate of drug-likeness (QED) is 0.828. The first-order valence-corrected chi connectivity index (χ1v) is 8.97. The number of rotatable bonds is 2. The van der Waals surface area contributed by atoms with E-state index in [-0.39, 0.29) is 11.9 Å². The number of hydrazine groups is 1. The van der Waals surface area contributed by atoms with Crippen molar-refractivity contribution in [3.05, 3.63) is 76.1 Å². The van der Waals surface area contributed by atoms with Gasteiger partial charge in [0, 0.05) is 22.2 Å². The number of aliphatic hydroxyl groups is 1. The Morgan fingerprint density at radius 2 is 1.57 bits per heavy atom. The van der Waals surface area contributed by atoms with Crippen molar-refractivity contribution in [3.63, 3.8) is 0 Å². The molecule has 0 aliphatic carbocycles. The second kappa shape index (κ2) is 6.22. The average Bonchev–Trinajstić information content (AvgIpc) is 2.99. The summed E-state index contributed by atoms with van der Waals surface area (Å²) in [5.74, 6) is -0.0442. The van der Waals surface area contributed by atoms with Gasteiger partial charge in [0.25, 0.3) is 0 Å². The minimum absolute atomic E-state index is 0.0442. The van der Waals surface area contributed by atoms with Gasteiger partial charge in [0.2, 0.25) is 5.88 Å². The third kappa shape index (κ3) is 2.69. The second-order valence-corrected chi connectivity index (χ2v) is 7.13. The van der Waals surface area contributed by atoms with Crippen LogP contribution in [0.2, 0.25) is 0 Å². The minimum atomic E-state index is -4.40. The van der Waals surface area contributed by atoms with E-state index in [1.165, 1.54) is 17.1 Å². The van der Waals surface area contributed by atoms with E-state index in [4.69, 9.17) is 0 Å². The van der Waals surface area contributed by atoms with Gasteiger partial charge in [-0.15, -0.1) is 0 Å². The van der Waals surface area contributed by atoms with Crippen LogP contribution in [0.5, 0.6) is 0 Å². The molecule has 0 fully saturated rings. The first kappa shape index (κ1) is 18.3. The molecule has 2 aliphatic heterocycles. The molecule has 2 heterocycles. The normalized spacial score (nSPS) is 16.5. The van der Waals surface area contributed by atoms with Crippen LogP contribution in [-0.2, 0) is 6.18 Å². The number of hydrogen-bond donors (Lipinski definition) is 2. The number of nitrogens with one attached hydrogen (secondary N) is 1. The molecule has 0 atom stereocenters. The van der Waals surface area contributed by atoms with Gasteiger partial charge in [-0.3, -0.25) is 5.43 Å². The predicted molar refractivity (Wildman–Crippen MR) is 102 cm³/mol. The molecule has 2 aromatic rings. The Bertz CT molecular complexity index is 1090. The van der Waals surface area contributed by atoms with Crippen LogP contribution in [0.15, 0.2) is 60.1 Å². The van der Waals surface area contributed by atoms with E-state index in [0.29, 0.717) is 11.4 Å². The Kier molecular flexibility index (Phi) is 4.06. The number of hydrogen-bond acceptors (Lipinski definition) is 4. The zero-order valence-corrected chi connectivity index (χ0v) is 15.7. The molecule has 7 heteroatoms. The topological polar surface area (TPSA) is 38.7 Å². The molecule has 2 aromatic carbocycles. The summed E-state index contributed by atoms with van der Waals surface area (Å²) in [6.45, 7) is 6.04. The highest BCUT2D eigenvalue weighted by molar-refractivity contribution is 5.77. The molecule has 4 rings (SSSR count). The number of alkyl halides is 3. The minimum Gasteiger partial charge on any atom is -0.492 e. The molecule has 0 amide bonds. The molecule has 146 valence electrons. The summed E-state index contributed by atoms with van der Waals surface area (Å²) in [7, 11) is 0. The fraction of sp³-hybridized carbons (Fsp3) is 0.238. The van der Waals surface area contributed by atoms with Crippen molar-refractivity contribution in [3.8, 4) is 0 Å². The maximum Gasteiger partial charge on any atom is 0.416 e. The van der Waals surface area contributed by atoms with E-state index in [1.807, 2.05) is 49.9 Å². The van der Waals surface area contributed by atoms with Crippen molar-refractivity contribution in [1.82, 2.24) is 10.3 Å². The van der Waals surface area contributed by atoms with Gasteiger partial charge in [0.05, 0.1) is 16.9 Å². The van der Waals surface area contributed by atoms with E-state index in [0.717, 1.165) is 34.0 Å². The van der Waals surface area contributed by atoms with Gasteiger partial charge in [-0.25, -0.2) is 5.01 Å². The SMILES string of the molecule is CC1=c2ccccc2=C2NN(c3ccc(C(F)(F)F)cc3)C(O)=C2N1C(C)C. The number of halogens is 3. The van der Waals surface area contributed by atoms with Gasteiger partial charge in [0.15, 0.2) is 0 Å². The third-order valence-electron chi connectivity index (χ3n) is 5.04. The van der Waals surface area contributed by atoms with Crippen molar-refractivity contribution < 1.29 is 18.3 Å². The van der Waals surface area contributed by atoms with Gasteiger partial charge >= 0.3 is 6.18 Å². The average molecular weight is 387 g/mol. The Balaban J connectivity index is 1.87. The van der Waals surface area contributed by atoms with Crippen molar-refractivity contribution in [2.75, 3.05) is 5.01 Å². The van der Waals surface area contributed by atoms with Crippen LogP contribution < -0.4 is 20.9 Å². The molecular formula is C21H20F3N3O. The summed E-state index contributed by atoms with van der Waals surface area (Å²) >= 11 is 0.